The fourth-order valence-electron chi connectivity index (χ4n) is 2.25. The minimum Gasteiger partial charge on any atom is -0.395 e. The van der Waals surface area contributed by atoms with Gasteiger partial charge >= 0.3 is 0 Å². The number of benzene rings is 2. The summed E-state index contributed by atoms with van der Waals surface area (Å²) in [6.45, 7) is 1.16. The molecule has 0 heterocycles. The Hall–Kier alpha value is -1.72. The molecule has 1 atom stereocenters. The predicted molar refractivity (Wildman–Crippen MR) is 86.6 cm³/mol. The molecule has 0 aliphatic carbocycles. The molecule has 0 aliphatic heterocycles. The van der Waals surface area contributed by atoms with Gasteiger partial charge in [-0.3, -0.25) is 0 Å². The van der Waals surface area contributed by atoms with Crippen molar-refractivity contribution in [3.8, 4) is 0 Å². The molecule has 0 bridgehead atoms. The van der Waals surface area contributed by atoms with Gasteiger partial charge in [-0.05, 0) is 11.1 Å². The molecule has 0 fully saturated rings. The molecule has 0 aromatic heterocycles. The van der Waals surface area contributed by atoms with E-state index < -0.39 is 6.10 Å². The van der Waals surface area contributed by atoms with Crippen LogP contribution in [-0.2, 0) is 4.74 Å². The van der Waals surface area contributed by atoms with E-state index in [1.807, 2.05) is 60.7 Å². The second-order valence-corrected chi connectivity index (χ2v) is 5.12. The monoisotopic (exact) mass is 301 g/mol. The standard InChI is InChI=1S/C18H23NO3/c20-12-11-19-13-17(21)14-22-18(15-7-3-1-4-8-15)16-9-5-2-6-10-16/h1-10,17-21H,11-14H2. The summed E-state index contributed by atoms with van der Waals surface area (Å²) in [4.78, 5) is 0. The van der Waals surface area contributed by atoms with Gasteiger partial charge in [-0.1, -0.05) is 60.7 Å². The lowest BCUT2D eigenvalue weighted by atomic mass is 10.0. The summed E-state index contributed by atoms with van der Waals surface area (Å²) in [6, 6.07) is 20.0. The van der Waals surface area contributed by atoms with Gasteiger partial charge in [-0.2, -0.15) is 0 Å². The van der Waals surface area contributed by atoms with Crippen LogP contribution in [0.1, 0.15) is 17.2 Å². The maximum absolute atomic E-state index is 9.95. The van der Waals surface area contributed by atoms with Crippen molar-refractivity contribution in [2.75, 3.05) is 26.3 Å². The van der Waals surface area contributed by atoms with E-state index in [0.29, 0.717) is 13.1 Å². The zero-order valence-electron chi connectivity index (χ0n) is 12.6. The van der Waals surface area contributed by atoms with Crippen molar-refractivity contribution in [1.29, 1.82) is 0 Å². The van der Waals surface area contributed by atoms with Crippen molar-refractivity contribution in [2.24, 2.45) is 0 Å². The molecule has 2 aromatic carbocycles. The minimum atomic E-state index is -0.610. The van der Waals surface area contributed by atoms with E-state index in [1.54, 1.807) is 0 Å². The third-order valence-electron chi connectivity index (χ3n) is 3.33. The highest BCUT2D eigenvalue weighted by Crippen LogP contribution is 2.25. The zero-order valence-corrected chi connectivity index (χ0v) is 12.6. The average Bonchev–Trinajstić information content (AvgIpc) is 2.57. The van der Waals surface area contributed by atoms with Crippen molar-refractivity contribution in [2.45, 2.75) is 12.2 Å². The van der Waals surface area contributed by atoms with E-state index in [0.717, 1.165) is 11.1 Å². The molecule has 4 nitrogen and oxygen atoms in total. The Morgan fingerprint density at radius 1 is 0.909 bits per heavy atom. The van der Waals surface area contributed by atoms with Gasteiger partial charge in [0.25, 0.3) is 0 Å². The Kier molecular flexibility index (Phi) is 7.06. The van der Waals surface area contributed by atoms with E-state index in [2.05, 4.69) is 5.32 Å². The van der Waals surface area contributed by atoms with Gasteiger partial charge in [0.15, 0.2) is 0 Å². The second-order valence-electron chi connectivity index (χ2n) is 5.12. The fourth-order valence-corrected chi connectivity index (χ4v) is 2.25. The summed E-state index contributed by atoms with van der Waals surface area (Å²) in [5.74, 6) is 0. The molecule has 0 radical (unpaired) electrons. The Bertz CT molecular complexity index is 479. The van der Waals surface area contributed by atoms with Crippen LogP contribution in [0.3, 0.4) is 0 Å². The van der Waals surface area contributed by atoms with Gasteiger partial charge < -0.3 is 20.3 Å². The van der Waals surface area contributed by atoms with Crippen molar-refractivity contribution in [1.82, 2.24) is 5.32 Å². The van der Waals surface area contributed by atoms with Gasteiger partial charge in [-0.15, -0.1) is 0 Å². The highest BCUT2D eigenvalue weighted by molar-refractivity contribution is 5.29. The summed E-state index contributed by atoms with van der Waals surface area (Å²) in [5.41, 5.74) is 2.12. The molecule has 118 valence electrons. The quantitative estimate of drug-likeness (QED) is 0.617. The van der Waals surface area contributed by atoms with Gasteiger partial charge in [-0.25, -0.2) is 0 Å². The van der Waals surface area contributed by atoms with Crippen LogP contribution in [0.25, 0.3) is 0 Å². The van der Waals surface area contributed by atoms with Crippen LogP contribution < -0.4 is 5.32 Å². The van der Waals surface area contributed by atoms with E-state index in [1.165, 1.54) is 0 Å². The Morgan fingerprint density at radius 3 is 1.95 bits per heavy atom. The van der Waals surface area contributed by atoms with Crippen LogP contribution >= 0.6 is 0 Å². The number of ether oxygens (including phenoxy) is 1. The van der Waals surface area contributed by atoms with Crippen molar-refractivity contribution in [3.05, 3.63) is 71.8 Å². The highest BCUT2D eigenvalue weighted by Gasteiger charge is 2.16. The highest BCUT2D eigenvalue weighted by atomic mass is 16.5. The summed E-state index contributed by atoms with van der Waals surface area (Å²) in [7, 11) is 0. The Balaban J connectivity index is 2.00. The number of nitrogens with one attached hydrogen (secondary N) is 1. The Morgan fingerprint density at radius 2 is 1.45 bits per heavy atom. The molecular weight excluding hydrogens is 278 g/mol. The van der Waals surface area contributed by atoms with Gasteiger partial charge in [0.2, 0.25) is 0 Å². The smallest absolute Gasteiger partial charge is 0.108 e. The summed E-state index contributed by atoms with van der Waals surface area (Å²) in [6.07, 6.45) is -0.809. The first kappa shape index (κ1) is 16.6. The molecular formula is C18H23NO3. The molecule has 1 unspecified atom stereocenters. The van der Waals surface area contributed by atoms with Gasteiger partial charge in [0.1, 0.15) is 6.10 Å². The topological polar surface area (TPSA) is 61.7 Å². The minimum absolute atomic E-state index is 0.0598. The van der Waals surface area contributed by atoms with Gasteiger partial charge in [0.05, 0.1) is 19.3 Å². The number of aliphatic hydroxyl groups is 2. The molecule has 2 aromatic rings. The van der Waals surface area contributed by atoms with E-state index in [-0.39, 0.29) is 19.3 Å². The number of rotatable bonds is 9. The first-order valence-electron chi connectivity index (χ1n) is 7.52. The van der Waals surface area contributed by atoms with E-state index in [4.69, 9.17) is 9.84 Å². The van der Waals surface area contributed by atoms with Crippen LogP contribution in [0.2, 0.25) is 0 Å². The normalized spacial score (nSPS) is 12.5. The third kappa shape index (κ3) is 5.24. The fraction of sp³-hybridized carbons (Fsp3) is 0.333. The second kappa shape index (κ2) is 9.33. The Labute approximate surface area is 131 Å². The summed E-state index contributed by atoms with van der Waals surface area (Å²) >= 11 is 0. The number of hydrogen-bond donors (Lipinski definition) is 3. The molecule has 0 saturated heterocycles. The lowest BCUT2D eigenvalue weighted by Crippen LogP contribution is -2.32. The van der Waals surface area contributed by atoms with E-state index >= 15 is 0 Å². The lowest BCUT2D eigenvalue weighted by Gasteiger charge is -2.21. The van der Waals surface area contributed by atoms with Crippen molar-refractivity contribution >= 4 is 0 Å². The molecule has 0 saturated carbocycles. The van der Waals surface area contributed by atoms with Crippen LogP contribution in [-0.4, -0.2) is 42.6 Å². The molecule has 22 heavy (non-hydrogen) atoms. The van der Waals surface area contributed by atoms with E-state index in [9.17, 15) is 5.11 Å². The predicted octanol–water partition coefficient (Wildman–Crippen LogP) is 1.74. The first-order chi connectivity index (χ1) is 10.8. The summed E-state index contributed by atoms with van der Waals surface area (Å²) in [5, 5.41) is 21.6. The maximum atomic E-state index is 9.95. The van der Waals surface area contributed by atoms with Crippen LogP contribution in [0, 0.1) is 0 Å². The van der Waals surface area contributed by atoms with Crippen LogP contribution in [0.5, 0.6) is 0 Å². The molecule has 0 amide bonds. The molecule has 0 spiro atoms. The van der Waals surface area contributed by atoms with Gasteiger partial charge in [0, 0.05) is 13.1 Å². The SMILES string of the molecule is OCCNCC(O)COC(c1ccccc1)c1ccccc1. The lowest BCUT2D eigenvalue weighted by molar-refractivity contribution is 0.00637. The molecule has 4 heteroatoms. The number of aliphatic hydroxyl groups excluding tert-OH is 2. The molecule has 3 N–H and O–H groups in total. The van der Waals surface area contributed by atoms with Crippen LogP contribution in [0.4, 0.5) is 0 Å². The average molecular weight is 301 g/mol. The molecule has 0 aliphatic rings. The zero-order chi connectivity index (χ0) is 15.6. The summed E-state index contributed by atoms with van der Waals surface area (Å²) < 4.78 is 5.95. The van der Waals surface area contributed by atoms with Crippen molar-refractivity contribution < 1.29 is 14.9 Å². The van der Waals surface area contributed by atoms with Crippen LogP contribution in [0.15, 0.2) is 60.7 Å². The number of hydrogen-bond acceptors (Lipinski definition) is 4. The third-order valence-corrected chi connectivity index (χ3v) is 3.33. The maximum Gasteiger partial charge on any atom is 0.108 e. The molecule has 2 rings (SSSR count). The first-order valence-corrected chi connectivity index (χ1v) is 7.52. The largest absolute Gasteiger partial charge is 0.395 e. The van der Waals surface area contributed by atoms with Crippen molar-refractivity contribution in [3.63, 3.8) is 0 Å².